The molecule has 0 saturated carbocycles. The summed E-state index contributed by atoms with van der Waals surface area (Å²) in [5.41, 5.74) is 0.543. The number of rotatable bonds is 13. The topological polar surface area (TPSA) is 46.5 Å². The Labute approximate surface area is 148 Å². The van der Waals surface area contributed by atoms with Gasteiger partial charge in [0.15, 0.2) is 0 Å². The molecule has 1 aliphatic carbocycles. The molecule has 1 N–H and O–H groups in total. The summed E-state index contributed by atoms with van der Waals surface area (Å²) in [5, 5.41) is 10.0. The first-order valence-corrected chi connectivity index (χ1v) is 9.73. The fourth-order valence-corrected chi connectivity index (χ4v) is 3.60. The zero-order valence-electron chi connectivity index (χ0n) is 15.9. The Morgan fingerprint density at radius 2 is 1.88 bits per heavy atom. The first kappa shape index (κ1) is 21.0. The van der Waals surface area contributed by atoms with E-state index in [0.717, 1.165) is 44.9 Å². The van der Waals surface area contributed by atoms with Crippen LogP contribution in [0.5, 0.6) is 0 Å². The van der Waals surface area contributed by atoms with Crippen LogP contribution in [0.15, 0.2) is 23.8 Å². The number of aliphatic carboxylic acids is 1. The Kier molecular flexibility index (Phi) is 10.0. The van der Waals surface area contributed by atoms with E-state index in [1.807, 2.05) is 6.08 Å². The fourth-order valence-electron chi connectivity index (χ4n) is 3.60. The Bertz CT molecular complexity index is 425. The highest BCUT2D eigenvalue weighted by Crippen LogP contribution is 2.43. The molecule has 1 rings (SSSR count). The van der Waals surface area contributed by atoms with Gasteiger partial charge in [-0.3, -0.25) is 4.79 Å². The zero-order valence-corrected chi connectivity index (χ0v) is 15.9. The first-order chi connectivity index (χ1) is 11.6. The average molecular weight is 337 g/mol. The van der Waals surface area contributed by atoms with Crippen molar-refractivity contribution >= 4 is 5.97 Å². The summed E-state index contributed by atoms with van der Waals surface area (Å²) in [7, 11) is 1.69. The Hall–Kier alpha value is -1.09. The van der Waals surface area contributed by atoms with E-state index < -0.39 is 11.4 Å². The van der Waals surface area contributed by atoms with Gasteiger partial charge >= 0.3 is 5.97 Å². The molecule has 24 heavy (non-hydrogen) atoms. The number of carboxylic acids is 1. The molecular formula is C21H36O3. The lowest BCUT2D eigenvalue weighted by Crippen LogP contribution is -2.38. The lowest BCUT2D eigenvalue weighted by atomic mass is 9.67. The van der Waals surface area contributed by atoms with Crippen LogP contribution in [0.1, 0.15) is 78.1 Å². The Balaban J connectivity index is 2.83. The van der Waals surface area contributed by atoms with Crippen LogP contribution in [0.2, 0.25) is 0 Å². The summed E-state index contributed by atoms with van der Waals surface area (Å²) in [6.07, 6.45) is 16.9. The van der Waals surface area contributed by atoms with E-state index in [4.69, 9.17) is 4.74 Å². The van der Waals surface area contributed by atoms with Crippen molar-refractivity contribution in [3.8, 4) is 0 Å². The lowest BCUT2D eigenvalue weighted by Gasteiger charge is -2.36. The molecule has 0 bridgehead atoms. The molecule has 0 fully saturated rings. The molecule has 2 unspecified atom stereocenters. The van der Waals surface area contributed by atoms with Gasteiger partial charge in [0.25, 0.3) is 0 Å². The van der Waals surface area contributed by atoms with Crippen LogP contribution < -0.4 is 0 Å². The van der Waals surface area contributed by atoms with Crippen LogP contribution in [0, 0.1) is 11.3 Å². The minimum atomic E-state index is -0.750. The van der Waals surface area contributed by atoms with Crippen molar-refractivity contribution in [2.45, 2.75) is 78.1 Å². The summed E-state index contributed by atoms with van der Waals surface area (Å²) >= 11 is 0. The van der Waals surface area contributed by atoms with Crippen LogP contribution in [-0.2, 0) is 9.53 Å². The van der Waals surface area contributed by atoms with Crippen LogP contribution in [-0.4, -0.2) is 24.8 Å². The molecule has 0 amide bonds. The smallest absolute Gasteiger partial charge is 0.314 e. The zero-order chi connectivity index (χ0) is 17.8. The number of hydrogen-bond donors (Lipinski definition) is 1. The summed E-state index contributed by atoms with van der Waals surface area (Å²) in [4.78, 5) is 12.2. The maximum absolute atomic E-state index is 12.2. The van der Waals surface area contributed by atoms with Gasteiger partial charge in [0.1, 0.15) is 0 Å². The van der Waals surface area contributed by atoms with Crippen LogP contribution in [0.3, 0.4) is 0 Å². The molecule has 0 radical (unpaired) electrons. The largest absolute Gasteiger partial charge is 0.481 e. The van der Waals surface area contributed by atoms with E-state index in [1.165, 1.54) is 24.8 Å². The number of carbonyl (C=O) groups is 1. The highest BCUT2D eigenvalue weighted by Gasteiger charge is 2.43. The van der Waals surface area contributed by atoms with E-state index in [1.54, 1.807) is 7.11 Å². The van der Waals surface area contributed by atoms with Crippen molar-refractivity contribution in [3.05, 3.63) is 23.8 Å². The molecule has 1 aliphatic rings. The van der Waals surface area contributed by atoms with E-state index >= 15 is 0 Å². The van der Waals surface area contributed by atoms with Crippen molar-refractivity contribution < 1.29 is 14.6 Å². The SMILES string of the molecule is CCCCCCCC1(C(=O)O)C=CC(CCCC)=CC1CCOC. The summed E-state index contributed by atoms with van der Waals surface area (Å²) in [6, 6.07) is 0. The fraction of sp³-hybridized carbons (Fsp3) is 0.762. The lowest BCUT2D eigenvalue weighted by molar-refractivity contribution is -0.149. The van der Waals surface area contributed by atoms with E-state index in [-0.39, 0.29) is 5.92 Å². The van der Waals surface area contributed by atoms with E-state index in [2.05, 4.69) is 26.0 Å². The third kappa shape index (κ3) is 6.08. The molecule has 0 heterocycles. The highest BCUT2D eigenvalue weighted by atomic mass is 16.5. The number of carboxylic acid groups (broad SMARTS) is 1. The minimum Gasteiger partial charge on any atom is -0.481 e. The third-order valence-electron chi connectivity index (χ3n) is 5.22. The van der Waals surface area contributed by atoms with Crippen molar-refractivity contribution in [3.63, 3.8) is 0 Å². The molecular weight excluding hydrogens is 300 g/mol. The van der Waals surface area contributed by atoms with Gasteiger partial charge in [0.2, 0.25) is 0 Å². The quantitative estimate of drug-likeness (QED) is 0.435. The van der Waals surface area contributed by atoms with Gasteiger partial charge in [-0.1, -0.05) is 76.2 Å². The van der Waals surface area contributed by atoms with Gasteiger partial charge in [0, 0.05) is 13.7 Å². The summed E-state index contributed by atoms with van der Waals surface area (Å²) in [6.45, 7) is 5.00. The van der Waals surface area contributed by atoms with E-state index in [0.29, 0.717) is 6.61 Å². The monoisotopic (exact) mass is 336 g/mol. The molecule has 0 spiro atoms. The number of ether oxygens (including phenoxy) is 1. The molecule has 2 atom stereocenters. The molecule has 0 aromatic heterocycles. The minimum absolute atomic E-state index is 0.0398. The number of unbranched alkanes of at least 4 members (excludes halogenated alkanes) is 5. The van der Waals surface area contributed by atoms with Gasteiger partial charge in [-0.2, -0.15) is 0 Å². The number of allylic oxidation sites excluding steroid dienone is 3. The van der Waals surface area contributed by atoms with Crippen LogP contribution >= 0.6 is 0 Å². The van der Waals surface area contributed by atoms with Crippen LogP contribution in [0.25, 0.3) is 0 Å². The van der Waals surface area contributed by atoms with Crippen molar-refractivity contribution in [1.82, 2.24) is 0 Å². The maximum Gasteiger partial charge on any atom is 0.314 e. The second-order valence-electron chi connectivity index (χ2n) is 7.08. The highest BCUT2D eigenvalue weighted by molar-refractivity contribution is 5.78. The normalized spacial score (nSPS) is 23.3. The summed E-state index contributed by atoms with van der Waals surface area (Å²) < 4.78 is 5.25. The molecule has 0 aromatic carbocycles. The van der Waals surface area contributed by atoms with Gasteiger partial charge in [-0.25, -0.2) is 0 Å². The van der Waals surface area contributed by atoms with Crippen molar-refractivity contribution in [2.24, 2.45) is 11.3 Å². The second kappa shape index (κ2) is 11.5. The van der Waals surface area contributed by atoms with Crippen molar-refractivity contribution in [1.29, 1.82) is 0 Å². The predicted molar refractivity (Wildman–Crippen MR) is 100 cm³/mol. The average Bonchev–Trinajstić information content (AvgIpc) is 2.58. The maximum atomic E-state index is 12.2. The van der Waals surface area contributed by atoms with Gasteiger partial charge in [-0.15, -0.1) is 0 Å². The summed E-state index contributed by atoms with van der Waals surface area (Å²) in [5.74, 6) is -0.640. The predicted octanol–water partition coefficient (Wildman–Crippen LogP) is 5.76. The molecule has 0 saturated heterocycles. The first-order valence-electron chi connectivity index (χ1n) is 9.73. The molecule has 0 aliphatic heterocycles. The van der Waals surface area contributed by atoms with Gasteiger partial charge in [-0.05, 0) is 31.6 Å². The van der Waals surface area contributed by atoms with Crippen molar-refractivity contribution in [2.75, 3.05) is 13.7 Å². The van der Waals surface area contributed by atoms with Crippen LogP contribution in [0.4, 0.5) is 0 Å². The third-order valence-corrected chi connectivity index (χ3v) is 5.22. The molecule has 138 valence electrons. The number of methoxy groups -OCH3 is 1. The standard InChI is InChI=1S/C21H36O3/c1-4-6-8-9-10-14-21(20(22)23)15-12-18(11-7-5-2)17-19(21)13-16-24-3/h12,15,17,19H,4-11,13-14,16H2,1-3H3,(H,22,23). The Morgan fingerprint density at radius 1 is 1.17 bits per heavy atom. The van der Waals surface area contributed by atoms with Gasteiger partial charge in [0.05, 0.1) is 5.41 Å². The Morgan fingerprint density at radius 3 is 2.50 bits per heavy atom. The molecule has 3 nitrogen and oxygen atoms in total. The van der Waals surface area contributed by atoms with Gasteiger partial charge < -0.3 is 9.84 Å². The second-order valence-corrected chi connectivity index (χ2v) is 7.08. The molecule has 3 heteroatoms. The molecule has 0 aromatic rings. The van der Waals surface area contributed by atoms with E-state index in [9.17, 15) is 9.90 Å². The number of hydrogen-bond acceptors (Lipinski definition) is 2.